The molecule has 0 bridgehead atoms. The van der Waals surface area contributed by atoms with Gasteiger partial charge in [0.1, 0.15) is 0 Å². The molecule has 1 amide bonds. The molecule has 0 aromatic carbocycles. The van der Waals surface area contributed by atoms with Gasteiger partial charge in [0.15, 0.2) is 0 Å². The highest BCUT2D eigenvalue weighted by Gasteiger charge is 2.29. The molecule has 0 heterocycles. The van der Waals surface area contributed by atoms with Crippen molar-refractivity contribution in [1.29, 1.82) is 0 Å². The SMILES string of the molecule is CC(C)NC(=O)C(C)N(CCN)C1CCCC1. The number of hydrogen-bond acceptors (Lipinski definition) is 3. The Balaban J connectivity index is 2.58. The molecule has 4 heteroatoms. The molecule has 4 nitrogen and oxygen atoms in total. The van der Waals surface area contributed by atoms with Crippen LogP contribution in [0.4, 0.5) is 0 Å². The van der Waals surface area contributed by atoms with Gasteiger partial charge in [0.25, 0.3) is 0 Å². The van der Waals surface area contributed by atoms with Gasteiger partial charge in [0, 0.05) is 25.2 Å². The van der Waals surface area contributed by atoms with Crippen LogP contribution in [0.2, 0.25) is 0 Å². The molecule has 1 aliphatic rings. The highest BCUT2D eigenvalue weighted by atomic mass is 16.2. The second-order valence-electron chi connectivity index (χ2n) is 5.30. The van der Waals surface area contributed by atoms with E-state index in [1.165, 1.54) is 25.7 Å². The van der Waals surface area contributed by atoms with Crippen LogP contribution in [0.25, 0.3) is 0 Å². The van der Waals surface area contributed by atoms with Crippen LogP contribution in [0.3, 0.4) is 0 Å². The third-order valence-electron chi connectivity index (χ3n) is 3.49. The Morgan fingerprint density at radius 2 is 1.94 bits per heavy atom. The fraction of sp³-hybridized carbons (Fsp3) is 0.923. The summed E-state index contributed by atoms with van der Waals surface area (Å²) in [4.78, 5) is 14.3. The number of nitrogens with two attached hydrogens (primary N) is 1. The zero-order valence-electron chi connectivity index (χ0n) is 11.4. The first-order valence-electron chi connectivity index (χ1n) is 6.82. The zero-order chi connectivity index (χ0) is 12.8. The second kappa shape index (κ2) is 6.97. The summed E-state index contributed by atoms with van der Waals surface area (Å²) < 4.78 is 0. The zero-order valence-corrected chi connectivity index (χ0v) is 11.4. The lowest BCUT2D eigenvalue weighted by molar-refractivity contribution is -0.127. The summed E-state index contributed by atoms with van der Waals surface area (Å²) in [6.07, 6.45) is 4.98. The van der Waals surface area contributed by atoms with E-state index in [-0.39, 0.29) is 18.0 Å². The number of amides is 1. The van der Waals surface area contributed by atoms with E-state index in [9.17, 15) is 4.79 Å². The summed E-state index contributed by atoms with van der Waals surface area (Å²) in [6, 6.07) is 0.684. The summed E-state index contributed by atoms with van der Waals surface area (Å²) in [6.45, 7) is 7.42. The summed E-state index contributed by atoms with van der Waals surface area (Å²) >= 11 is 0. The van der Waals surface area contributed by atoms with Crippen LogP contribution in [0.15, 0.2) is 0 Å². The van der Waals surface area contributed by atoms with Crippen LogP contribution in [-0.2, 0) is 4.79 Å². The monoisotopic (exact) mass is 241 g/mol. The molecule has 1 saturated carbocycles. The maximum Gasteiger partial charge on any atom is 0.237 e. The molecule has 0 aliphatic heterocycles. The Morgan fingerprint density at radius 3 is 2.41 bits per heavy atom. The standard InChI is InChI=1S/C13H27N3O/c1-10(2)15-13(17)11(3)16(9-8-14)12-6-4-5-7-12/h10-12H,4-9,14H2,1-3H3,(H,15,17). The van der Waals surface area contributed by atoms with Crippen molar-refractivity contribution in [3.05, 3.63) is 0 Å². The Kier molecular flexibility index (Phi) is 5.92. The summed E-state index contributed by atoms with van der Waals surface area (Å²) in [7, 11) is 0. The van der Waals surface area contributed by atoms with Gasteiger partial charge < -0.3 is 11.1 Å². The van der Waals surface area contributed by atoms with Crippen molar-refractivity contribution in [1.82, 2.24) is 10.2 Å². The van der Waals surface area contributed by atoms with E-state index >= 15 is 0 Å². The van der Waals surface area contributed by atoms with Gasteiger partial charge >= 0.3 is 0 Å². The highest BCUT2D eigenvalue weighted by molar-refractivity contribution is 5.81. The van der Waals surface area contributed by atoms with Gasteiger partial charge in [-0.2, -0.15) is 0 Å². The minimum absolute atomic E-state index is 0.0657. The first-order chi connectivity index (χ1) is 8.06. The lowest BCUT2D eigenvalue weighted by atomic mass is 10.1. The average Bonchev–Trinajstić information content (AvgIpc) is 2.77. The molecule has 0 radical (unpaired) electrons. The first kappa shape index (κ1) is 14.5. The smallest absolute Gasteiger partial charge is 0.237 e. The Hall–Kier alpha value is -0.610. The van der Waals surface area contributed by atoms with Crippen LogP contribution in [0.5, 0.6) is 0 Å². The number of carbonyl (C=O) groups excluding carboxylic acids is 1. The quantitative estimate of drug-likeness (QED) is 0.732. The molecule has 1 rings (SSSR count). The van der Waals surface area contributed by atoms with E-state index in [0.717, 1.165) is 6.54 Å². The van der Waals surface area contributed by atoms with Gasteiger partial charge in [-0.05, 0) is 33.6 Å². The normalized spacial score (nSPS) is 18.9. The van der Waals surface area contributed by atoms with Crippen molar-refractivity contribution in [2.45, 2.75) is 64.6 Å². The Labute approximate surface area is 105 Å². The largest absolute Gasteiger partial charge is 0.353 e. The number of rotatable bonds is 6. The van der Waals surface area contributed by atoms with E-state index < -0.39 is 0 Å². The van der Waals surface area contributed by atoms with Crippen molar-refractivity contribution in [3.63, 3.8) is 0 Å². The fourth-order valence-corrected chi connectivity index (χ4v) is 2.63. The van der Waals surface area contributed by atoms with Crippen molar-refractivity contribution < 1.29 is 4.79 Å². The van der Waals surface area contributed by atoms with Gasteiger partial charge in [-0.25, -0.2) is 0 Å². The van der Waals surface area contributed by atoms with Crippen molar-refractivity contribution in [2.24, 2.45) is 5.73 Å². The molecule has 1 unspecified atom stereocenters. The van der Waals surface area contributed by atoms with Gasteiger partial charge in [-0.15, -0.1) is 0 Å². The first-order valence-corrected chi connectivity index (χ1v) is 6.82. The van der Waals surface area contributed by atoms with E-state index in [4.69, 9.17) is 5.73 Å². The van der Waals surface area contributed by atoms with Gasteiger partial charge in [0.05, 0.1) is 6.04 Å². The van der Waals surface area contributed by atoms with Gasteiger partial charge in [-0.1, -0.05) is 12.8 Å². The molecule has 0 aromatic heterocycles. The molecule has 17 heavy (non-hydrogen) atoms. The molecular weight excluding hydrogens is 214 g/mol. The van der Waals surface area contributed by atoms with E-state index in [1.807, 2.05) is 20.8 Å². The summed E-state index contributed by atoms with van der Waals surface area (Å²) in [5.41, 5.74) is 5.66. The third kappa shape index (κ3) is 4.28. The van der Waals surface area contributed by atoms with Gasteiger partial charge in [-0.3, -0.25) is 9.69 Å². The van der Waals surface area contributed by atoms with Crippen LogP contribution in [0.1, 0.15) is 46.5 Å². The highest BCUT2D eigenvalue weighted by Crippen LogP contribution is 2.24. The Bertz CT molecular complexity index is 237. The number of hydrogen-bond donors (Lipinski definition) is 2. The minimum Gasteiger partial charge on any atom is -0.353 e. The van der Waals surface area contributed by atoms with Crippen molar-refractivity contribution in [3.8, 4) is 0 Å². The van der Waals surface area contributed by atoms with E-state index in [2.05, 4.69) is 10.2 Å². The lowest BCUT2D eigenvalue weighted by Gasteiger charge is -2.33. The van der Waals surface area contributed by atoms with E-state index in [1.54, 1.807) is 0 Å². The van der Waals surface area contributed by atoms with E-state index in [0.29, 0.717) is 12.6 Å². The summed E-state index contributed by atoms with van der Waals surface area (Å²) in [5.74, 6) is 0.125. The maximum atomic E-state index is 12.0. The predicted octanol–water partition coefficient (Wildman–Crippen LogP) is 1.10. The number of carbonyl (C=O) groups is 1. The number of nitrogens with zero attached hydrogens (tertiary/aromatic N) is 1. The predicted molar refractivity (Wildman–Crippen MR) is 70.8 cm³/mol. The maximum absolute atomic E-state index is 12.0. The molecule has 0 aromatic rings. The van der Waals surface area contributed by atoms with Crippen LogP contribution < -0.4 is 11.1 Å². The third-order valence-corrected chi connectivity index (χ3v) is 3.49. The molecule has 1 atom stereocenters. The van der Waals surface area contributed by atoms with Crippen molar-refractivity contribution in [2.75, 3.05) is 13.1 Å². The molecule has 0 spiro atoms. The topological polar surface area (TPSA) is 58.4 Å². The molecular formula is C13H27N3O. The van der Waals surface area contributed by atoms with Crippen LogP contribution in [0, 0.1) is 0 Å². The summed E-state index contributed by atoms with van der Waals surface area (Å²) in [5, 5.41) is 2.98. The van der Waals surface area contributed by atoms with Crippen molar-refractivity contribution >= 4 is 5.91 Å². The lowest BCUT2D eigenvalue weighted by Crippen LogP contribution is -2.51. The van der Waals surface area contributed by atoms with Gasteiger partial charge in [0.2, 0.25) is 5.91 Å². The minimum atomic E-state index is -0.0657. The molecule has 1 aliphatic carbocycles. The van der Waals surface area contributed by atoms with Crippen LogP contribution >= 0.6 is 0 Å². The average molecular weight is 241 g/mol. The molecule has 0 saturated heterocycles. The Morgan fingerprint density at radius 1 is 1.35 bits per heavy atom. The second-order valence-corrected chi connectivity index (χ2v) is 5.30. The van der Waals surface area contributed by atoms with Crippen LogP contribution in [-0.4, -0.2) is 42.0 Å². The fourth-order valence-electron chi connectivity index (χ4n) is 2.63. The molecule has 100 valence electrons. The molecule has 3 N–H and O–H groups in total. The molecule has 1 fully saturated rings. The number of nitrogens with one attached hydrogen (secondary N) is 1.